The molecule has 0 saturated carbocycles. The number of benzene rings is 1. The maximum Gasteiger partial charge on any atom is 0.264 e. The van der Waals surface area contributed by atoms with Crippen LogP contribution in [0, 0.1) is 12.8 Å². The maximum absolute atomic E-state index is 13.6. The lowest BCUT2D eigenvalue weighted by Crippen LogP contribution is -2.28. The average Bonchev–Trinajstić information content (AvgIpc) is 3.26. The van der Waals surface area contributed by atoms with Crippen molar-refractivity contribution in [3.05, 3.63) is 62.5 Å². The molecule has 0 radical (unpaired) electrons. The molecule has 28 heavy (non-hydrogen) atoms. The van der Waals surface area contributed by atoms with E-state index in [9.17, 15) is 4.79 Å². The number of aromatic nitrogens is 4. The van der Waals surface area contributed by atoms with Gasteiger partial charge in [0, 0.05) is 11.3 Å². The number of rotatable bonds is 3. The Kier molecular flexibility index (Phi) is 4.10. The second-order valence-electron chi connectivity index (χ2n) is 7.74. The minimum atomic E-state index is 0.0145. The minimum Gasteiger partial charge on any atom is -0.372 e. The number of thiophene rings is 1. The fraction of sp³-hybridized carbons (Fsp3) is 0.381. The van der Waals surface area contributed by atoms with Crippen LogP contribution < -0.4 is 5.56 Å². The number of aryl methyl sites for hydroxylation is 1. The van der Waals surface area contributed by atoms with Crippen LogP contribution in [0.1, 0.15) is 35.7 Å². The Bertz CT molecular complexity index is 1240. The number of nitrogens with zero attached hydrogens (tertiary/aromatic N) is 4. The van der Waals surface area contributed by atoms with Crippen molar-refractivity contribution in [1.29, 1.82) is 0 Å². The van der Waals surface area contributed by atoms with Gasteiger partial charge in [0.1, 0.15) is 10.7 Å². The van der Waals surface area contributed by atoms with Crippen molar-refractivity contribution in [2.75, 3.05) is 0 Å². The number of hydrogen-bond acceptors (Lipinski definition) is 5. The summed E-state index contributed by atoms with van der Waals surface area (Å²) in [5, 5.41) is 9.40. The lowest BCUT2D eigenvalue weighted by Gasteiger charge is -2.26. The first-order chi connectivity index (χ1) is 13.5. The third kappa shape index (κ3) is 2.61. The molecule has 3 aromatic heterocycles. The molecule has 4 heterocycles. The topological polar surface area (TPSA) is 61.4 Å². The van der Waals surface area contributed by atoms with E-state index in [1.807, 2.05) is 41.7 Å². The first-order valence-electron chi connectivity index (χ1n) is 9.59. The van der Waals surface area contributed by atoms with Gasteiger partial charge in [-0.1, -0.05) is 44.2 Å². The molecule has 0 amide bonds. The zero-order chi connectivity index (χ0) is 19.4. The van der Waals surface area contributed by atoms with Gasteiger partial charge >= 0.3 is 0 Å². The van der Waals surface area contributed by atoms with Gasteiger partial charge in [-0.2, -0.15) is 0 Å². The third-order valence-corrected chi connectivity index (χ3v) is 6.73. The molecular formula is C21H22N4O2S. The third-order valence-electron chi connectivity index (χ3n) is 5.54. The SMILES string of the molecule is Cc1nnc2n(Cc3ccccc3)c(=O)c3c4c(sc3n12)CO[C@H](C(C)C)C4. The molecule has 144 valence electrons. The summed E-state index contributed by atoms with van der Waals surface area (Å²) in [6.45, 7) is 7.31. The van der Waals surface area contributed by atoms with E-state index in [4.69, 9.17) is 4.74 Å². The zero-order valence-corrected chi connectivity index (χ0v) is 17.0. The highest BCUT2D eigenvalue weighted by Gasteiger charge is 2.29. The van der Waals surface area contributed by atoms with Crippen molar-refractivity contribution >= 4 is 27.3 Å². The van der Waals surface area contributed by atoms with Crippen LogP contribution in [0.15, 0.2) is 35.1 Å². The van der Waals surface area contributed by atoms with Gasteiger partial charge in [-0.3, -0.25) is 13.8 Å². The molecular weight excluding hydrogens is 372 g/mol. The van der Waals surface area contributed by atoms with Gasteiger partial charge in [-0.25, -0.2) is 0 Å². The van der Waals surface area contributed by atoms with E-state index < -0.39 is 0 Å². The normalized spacial score (nSPS) is 16.9. The van der Waals surface area contributed by atoms with Crippen LogP contribution >= 0.6 is 11.3 Å². The molecule has 0 fully saturated rings. The van der Waals surface area contributed by atoms with Gasteiger partial charge in [0.25, 0.3) is 5.56 Å². The van der Waals surface area contributed by atoms with Crippen LogP contribution in [0.4, 0.5) is 0 Å². The highest BCUT2D eigenvalue weighted by molar-refractivity contribution is 7.18. The van der Waals surface area contributed by atoms with Crippen molar-refractivity contribution in [3.8, 4) is 0 Å². The van der Waals surface area contributed by atoms with Crippen molar-refractivity contribution in [2.45, 2.75) is 46.4 Å². The first kappa shape index (κ1) is 17.6. The molecule has 1 atom stereocenters. The fourth-order valence-electron chi connectivity index (χ4n) is 3.98. The van der Waals surface area contributed by atoms with Gasteiger partial charge in [-0.05, 0) is 24.0 Å². The predicted molar refractivity (Wildman–Crippen MR) is 110 cm³/mol. The van der Waals surface area contributed by atoms with Crippen LogP contribution in [0.5, 0.6) is 0 Å². The lowest BCUT2D eigenvalue weighted by atomic mass is 9.96. The molecule has 7 heteroatoms. The molecule has 1 aliphatic heterocycles. The highest BCUT2D eigenvalue weighted by atomic mass is 32.1. The summed E-state index contributed by atoms with van der Waals surface area (Å²) in [7, 11) is 0. The Morgan fingerprint density at radius 1 is 1.25 bits per heavy atom. The van der Waals surface area contributed by atoms with E-state index >= 15 is 0 Å². The summed E-state index contributed by atoms with van der Waals surface area (Å²) >= 11 is 1.64. The molecule has 4 aromatic rings. The second-order valence-corrected chi connectivity index (χ2v) is 8.82. The van der Waals surface area contributed by atoms with Crippen LogP contribution in [0.2, 0.25) is 0 Å². The fourth-order valence-corrected chi connectivity index (χ4v) is 5.26. The van der Waals surface area contributed by atoms with Crippen molar-refractivity contribution in [2.24, 2.45) is 5.92 Å². The second kappa shape index (κ2) is 6.53. The summed E-state index contributed by atoms with van der Waals surface area (Å²) in [4.78, 5) is 15.7. The predicted octanol–water partition coefficient (Wildman–Crippen LogP) is 3.56. The highest BCUT2D eigenvalue weighted by Crippen LogP contribution is 2.36. The van der Waals surface area contributed by atoms with Crippen LogP contribution in [-0.4, -0.2) is 25.3 Å². The molecule has 1 aromatic carbocycles. The molecule has 6 nitrogen and oxygen atoms in total. The van der Waals surface area contributed by atoms with Gasteiger partial charge in [-0.15, -0.1) is 21.5 Å². The molecule has 0 bridgehead atoms. The Morgan fingerprint density at radius 2 is 2.04 bits per heavy atom. The largest absolute Gasteiger partial charge is 0.372 e. The van der Waals surface area contributed by atoms with Gasteiger partial charge in [0.15, 0.2) is 0 Å². The van der Waals surface area contributed by atoms with Crippen molar-refractivity contribution in [3.63, 3.8) is 0 Å². The Labute approximate surface area is 166 Å². The van der Waals surface area contributed by atoms with E-state index in [0.29, 0.717) is 24.8 Å². The smallest absolute Gasteiger partial charge is 0.264 e. The van der Waals surface area contributed by atoms with E-state index in [1.165, 1.54) is 0 Å². The number of ether oxygens (including phenoxy) is 1. The number of hydrogen-bond donors (Lipinski definition) is 0. The van der Waals surface area contributed by atoms with E-state index in [1.54, 1.807) is 15.9 Å². The van der Waals surface area contributed by atoms with Crippen LogP contribution in [-0.2, 0) is 24.3 Å². The van der Waals surface area contributed by atoms with Gasteiger partial charge in [0.2, 0.25) is 5.78 Å². The summed E-state index contributed by atoms with van der Waals surface area (Å²) in [5.41, 5.74) is 2.23. The van der Waals surface area contributed by atoms with Crippen LogP contribution in [0.25, 0.3) is 16.0 Å². The van der Waals surface area contributed by atoms with Gasteiger partial charge in [0.05, 0.1) is 24.6 Å². The summed E-state index contributed by atoms with van der Waals surface area (Å²) < 4.78 is 9.82. The van der Waals surface area contributed by atoms with Crippen molar-refractivity contribution in [1.82, 2.24) is 19.2 Å². The minimum absolute atomic E-state index is 0.0145. The van der Waals surface area contributed by atoms with E-state index in [0.717, 1.165) is 38.5 Å². The molecule has 0 spiro atoms. The quantitative estimate of drug-likeness (QED) is 0.533. The lowest BCUT2D eigenvalue weighted by molar-refractivity contribution is 0.00200. The standard InChI is InChI=1S/C21H22N4O2S/c1-12(2)16-9-15-17(11-27-16)28-20-18(15)19(26)24(10-14-7-5-4-6-8-14)21-23-22-13(3)25(20)21/h4-8,12,16H,9-11H2,1-3H3/t16-/m0/s1. The Balaban J connectivity index is 1.79. The summed E-state index contributed by atoms with van der Waals surface area (Å²) in [6.07, 6.45) is 0.922. The molecule has 0 N–H and O–H groups in total. The number of fused-ring (bicyclic) bond motifs is 5. The van der Waals surface area contributed by atoms with E-state index in [2.05, 4.69) is 24.0 Å². The Hall–Kier alpha value is -2.51. The average molecular weight is 395 g/mol. The molecule has 1 aliphatic rings. The first-order valence-corrected chi connectivity index (χ1v) is 10.4. The van der Waals surface area contributed by atoms with E-state index in [-0.39, 0.29) is 11.7 Å². The monoisotopic (exact) mass is 394 g/mol. The Morgan fingerprint density at radius 3 is 2.79 bits per heavy atom. The maximum atomic E-state index is 13.6. The molecule has 5 rings (SSSR count). The summed E-state index contributed by atoms with van der Waals surface area (Å²) in [5.74, 6) is 1.80. The summed E-state index contributed by atoms with van der Waals surface area (Å²) in [6, 6.07) is 10.0. The van der Waals surface area contributed by atoms with Crippen molar-refractivity contribution < 1.29 is 4.74 Å². The van der Waals surface area contributed by atoms with Gasteiger partial charge < -0.3 is 4.74 Å². The van der Waals surface area contributed by atoms with Crippen LogP contribution in [0.3, 0.4) is 0 Å². The zero-order valence-electron chi connectivity index (χ0n) is 16.2. The molecule has 0 aliphatic carbocycles. The molecule has 0 unspecified atom stereocenters. The molecule has 0 saturated heterocycles.